The first-order chi connectivity index (χ1) is 16.4. The molecule has 12 heteroatoms. The number of guanidine groups is 1. The number of piperidine rings is 1. The molecule has 12 nitrogen and oxygen atoms in total. The Morgan fingerprint density at radius 3 is 2.82 bits per heavy atom. The number of benzene rings is 1. The van der Waals surface area contributed by atoms with Gasteiger partial charge in [0.1, 0.15) is 0 Å². The first kappa shape index (κ1) is 23.5. The number of carbonyl (C=O) groups excluding carboxylic acids is 1. The zero-order valence-electron chi connectivity index (χ0n) is 19.2. The number of hydrogen-bond donors (Lipinski definition) is 5. The molecule has 2 aromatic rings. The SMILES string of the molecule is CNCNC(=O)c1ccc2c(c1)Nc1nc(=O)n(C3CCN(CCCN=C(N)N)CC3)cc1O2. The van der Waals surface area contributed by atoms with Gasteiger partial charge >= 0.3 is 5.69 Å². The standard InChI is InChI=1S/C22H31N9O3/c1-25-13-27-20(32)14-3-4-17-16(11-14)28-19-18(34-17)12-31(22(33)29-19)15-5-9-30(10-6-15)8-2-7-26-21(23)24/h3-4,11-12,15,25H,2,5-10,13H2,1H3,(H,27,32)(H4,23,24,26)(H,28,29,33). The van der Waals surface area contributed by atoms with E-state index in [-0.39, 0.29) is 23.6 Å². The third kappa shape index (κ3) is 5.46. The molecule has 1 aromatic carbocycles. The lowest BCUT2D eigenvalue weighted by atomic mass is 10.0. The highest BCUT2D eigenvalue weighted by Gasteiger charge is 2.25. The minimum absolute atomic E-state index is 0.0579. The van der Waals surface area contributed by atoms with Crippen LogP contribution in [0.3, 0.4) is 0 Å². The van der Waals surface area contributed by atoms with Gasteiger partial charge in [-0.1, -0.05) is 0 Å². The molecule has 0 saturated carbocycles. The minimum Gasteiger partial charge on any atom is -0.450 e. The highest BCUT2D eigenvalue weighted by Crippen LogP contribution is 2.40. The molecular weight excluding hydrogens is 438 g/mol. The van der Waals surface area contributed by atoms with E-state index < -0.39 is 0 Å². The Morgan fingerprint density at radius 2 is 2.09 bits per heavy atom. The summed E-state index contributed by atoms with van der Waals surface area (Å²) in [5, 5.41) is 8.73. The number of aliphatic imine (C=N–C) groups is 1. The molecule has 1 fully saturated rings. The summed E-state index contributed by atoms with van der Waals surface area (Å²) in [4.78, 5) is 35.6. The van der Waals surface area contributed by atoms with E-state index in [2.05, 4.69) is 30.8 Å². The lowest BCUT2D eigenvalue weighted by Gasteiger charge is -2.33. The van der Waals surface area contributed by atoms with Crippen molar-refractivity contribution < 1.29 is 9.53 Å². The van der Waals surface area contributed by atoms with Crippen LogP contribution in [0.15, 0.2) is 34.2 Å². The van der Waals surface area contributed by atoms with Crippen molar-refractivity contribution in [3.63, 3.8) is 0 Å². The molecule has 0 atom stereocenters. The first-order valence-electron chi connectivity index (χ1n) is 11.4. The van der Waals surface area contributed by atoms with E-state index in [0.717, 1.165) is 38.9 Å². The number of rotatable bonds is 8. The molecule has 0 spiro atoms. The number of ether oxygens (including phenoxy) is 1. The number of likely N-dealkylation sites (tertiary alicyclic amines) is 1. The number of anilines is 2. The Balaban J connectivity index is 1.40. The maximum absolute atomic E-state index is 12.8. The first-order valence-corrected chi connectivity index (χ1v) is 11.4. The van der Waals surface area contributed by atoms with E-state index in [9.17, 15) is 9.59 Å². The third-order valence-corrected chi connectivity index (χ3v) is 5.94. The average Bonchev–Trinajstić information content (AvgIpc) is 2.83. The van der Waals surface area contributed by atoms with Crippen LogP contribution in [-0.4, -0.2) is 66.2 Å². The molecule has 0 radical (unpaired) electrons. The van der Waals surface area contributed by atoms with Crippen LogP contribution in [0.25, 0.3) is 0 Å². The molecule has 7 N–H and O–H groups in total. The number of carbonyl (C=O) groups is 1. The minimum atomic E-state index is -0.326. The number of amides is 1. The fraction of sp³-hybridized carbons (Fsp3) is 0.455. The molecule has 1 aromatic heterocycles. The van der Waals surface area contributed by atoms with Gasteiger partial charge in [-0.25, -0.2) is 4.79 Å². The predicted octanol–water partition coefficient (Wildman–Crippen LogP) is 0.300. The van der Waals surface area contributed by atoms with Crippen LogP contribution >= 0.6 is 0 Å². The van der Waals surface area contributed by atoms with E-state index >= 15 is 0 Å². The monoisotopic (exact) mass is 469 g/mol. The van der Waals surface area contributed by atoms with Crippen LogP contribution in [0.2, 0.25) is 0 Å². The predicted molar refractivity (Wildman–Crippen MR) is 130 cm³/mol. The van der Waals surface area contributed by atoms with Gasteiger partial charge in [0, 0.05) is 31.2 Å². The Morgan fingerprint density at radius 1 is 1.29 bits per heavy atom. The highest BCUT2D eigenvalue weighted by atomic mass is 16.5. The van der Waals surface area contributed by atoms with Crippen molar-refractivity contribution in [2.75, 3.05) is 45.2 Å². The zero-order chi connectivity index (χ0) is 24.1. The van der Waals surface area contributed by atoms with Crippen LogP contribution in [0.4, 0.5) is 11.5 Å². The maximum Gasteiger partial charge on any atom is 0.350 e. The Kier molecular flexibility index (Phi) is 7.28. The van der Waals surface area contributed by atoms with E-state index in [0.29, 0.717) is 41.8 Å². The van der Waals surface area contributed by atoms with Gasteiger partial charge in [0.15, 0.2) is 23.3 Å². The second-order valence-corrected chi connectivity index (χ2v) is 8.35. The highest BCUT2D eigenvalue weighted by molar-refractivity contribution is 5.96. The summed E-state index contributed by atoms with van der Waals surface area (Å²) in [6.45, 7) is 3.66. The Hall–Kier alpha value is -3.64. The van der Waals surface area contributed by atoms with Gasteiger partial charge in [-0.05, 0) is 51.1 Å². The van der Waals surface area contributed by atoms with Crippen LogP contribution in [0.5, 0.6) is 11.5 Å². The van der Waals surface area contributed by atoms with Crippen molar-refractivity contribution in [3.05, 3.63) is 40.4 Å². The number of nitrogens with one attached hydrogen (secondary N) is 3. The van der Waals surface area contributed by atoms with Crippen LogP contribution < -0.4 is 37.8 Å². The van der Waals surface area contributed by atoms with Crippen molar-refractivity contribution in [2.24, 2.45) is 16.5 Å². The van der Waals surface area contributed by atoms with E-state index in [1.807, 2.05) is 0 Å². The molecule has 0 bridgehead atoms. The normalized spacial score (nSPS) is 15.4. The summed E-state index contributed by atoms with van der Waals surface area (Å²) in [7, 11) is 1.75. The van der Waals surface area contributed by atoms with Crippen molar-refractivity contribution in [3.8, 4) is 11.5 Å². The van der Waals surface area contributed by atoms with Crippen LogP contribution in [0, 0.1) is 0 Å². The smallest absolute Gasteiger partial charge is 0.350 e. The number of nitrogens with zero attached hydrogens (tertiary/aromatic N) is 4. The number of fused-ring (bicyclic) bond motifs is 2. The molecule has 1 amide bonds. The summed E-state index contributed by atoms with van der Waals surface area (Å²) in [5.41, 5.74) is 11.5. The van der Waals surface area contributed by atoms with Crippen molar-refractivity contribution in [2.45, 2.75) is 25.3 Å². The molecule has 2 aliphatic heterocycles. The number of hydrogen-bond acceptors (Lipinski definition) is 8. The molecule has 2 aliphatic rings. The molecule has 182 valence electrons. The van der Waals surface area contributed by atoms with Gasteiger partial charge in [0.2, 0.25) is 0 Å². The van der Waals surface area contributed by atoms with E-state index in [1.54, 1.807) is 36.0 Å². The maximum atomic E-state index is 12.8. The molecule has 3 heterocycles. The molecule has 1 saturated heterocycles. The average molecular weight is 470 g/mol. The van der Waals surface area contributed by atoms with Gasteiger partial charge < -0.3 is 37.1 Å². The van der Waals surface area contributed by atoms with Gasteiger partial charge in [-0.15, -0.1) is 0 Å². The van der Waals surface area contributed by atoms with Gasteiger partial charge in [-0.3, -0.25) is 14.4 Å². The molecular formula is C22H31N9O3. The van der Waals surface area contributed by atoms with Gasteiger partial charge in [0.25, 0.3) is 5.91 Å². The molecule has 4 rings (SSSR count). The molecule has 0 unspecified atom stereocenters. The fourth-order valence-corrected chi connectivity index (χ4v) is 4.18. The summed E-state index contributed by atoms with van der Waals surface area (Å²) in [5.74, 6) is 1.31. The number of nitrogens with two attached hydrogens (primary N) is 2. The largest absolute Gasteiger partial charge is 0.450 e. The lowest BCUT2D eigenvalue weighted by Crippen LogP contribution is -2.38. The second-order valence-electron chi connectivity index (χ2n) is 8.35. The number of aromatic nitrogens is 2. The van der Waals surface area contributed by atoms with Crippen molar-refractivity contribution >= 4 is 23.4 Å². The van der Waals surface area contributed by atoms with E-state index in [1.165, 1.54) is 0 Å². The fourth-order valence-electron chi connectivity index (χ4n) is 4.18. The van der Waals surface area contributed by atoms with Crippen LogP contribution in [-0.2, 0) is 0 Å². The summed E-state index contributed by atoms with van der Waals surface area (Å²) in [6.07, 6.45) is 4.31. The zero-order valence-corrected chi connectivity index (χ0v) is 19.2. The van der Waals surface area contributed by atoms with Crippen molar-refractivity contribution in [1.82, 2.24) is 25.1 Å². The quantitative estimate of drug-likeness (QED) is 0.135. The van der Waals surface area contributed by atoms with Gasteiger partial charge in [0.05, 0.1) is 18.6 Å². The Bertz CT molecular complexity index is 1120. The molecule has 34 heavy (non-hydrogen) atoms. The van der Waals surface area contributed by atoms with Gasteiger partial charge in [-0.2, -0.15) is 4.98 Å². The van der Waals surface area contributed by atoms with Crippen molar-refractivity contribution in [1.29, 1.82) is 0 Å². The summed E-state index contributed by atoms with van der Waals surface area (Å²) in [6, 6.07) is 5.17. The molecule has 0 aliphatic carbocycles. The summed E-state index contributed by atoms with van der Waals surface area (Å²) >= 11 is 0. The summed E-state index contributed by atoms with van der Waals surface area (Å²) < 4.78 is 7.68. The lowest BCUT2D eigenvalue weighted by molar-refractivity contribution is 0.0951. The van der Waals surface area contributed by atoms with Crippen LogP contribution in [0.1, 0.15) is 35.7 Å². The second kappa shape index (κ2) is 10.5. The third-order valence-electron chi connectivity index (χ3n) is 5.94. The van der Waals surface area contributed by atoms with E-state index in [4.69, 9.17) is 16.2 Å². The topological polar surface area (TPSA) is 165 Å². The Labute approximate surface area is 197 Å².